The van der Waals surface area contributed by atoms with Gasteiger partial charge < -0.3 is 10.4 Å². The molecule has 1 atom stereocenters. The number of nitrogens with zero attached hydrogens (tertiary/aromatic N) is 2. The molecule has 4 nitrogen and oxygen atoms in total. The fourth-order valence-corrected chi connectivity index (χ4v) is 1.10. The number of nitriles is 1. The van der Waals surface area contributed by atoms with E-state index in [1.807, 2.05) is 13.0 Å². The Morgan fingerprint density at radius 3 is 3.07 bits per heavy atom. The van der Waals surface area contributed by atoms with Gasteiger partial charge in [0.05, 0.1) is 0 Å². The average Bonchev–Trinajstić information content (AvgIpc) is 2.18. The third-order valence-corrected chi connectivity index (χ3v) is 1.82. The minimum absolute atomic E-state index is 0.145. The largest absolute Gasteiger partial charge is 0.396 e. The molecule has 0 fully saturated rings. The lowest BCUT2D eigenvalue weighted by Gasteiger charge is -2.12. The van der Waals surface area contributed by atoms with Crippen molar-refractivity contribution in [3.8, 4) is 6.07 Å². The number of pyridine rings is 1. The van der Waals surface area contributed by atoms with E-state index in [9.17, 15) is 0 Å². The highest BCUT2D eigenvalue weighted by Gasteiger charge is 2.02. The van der Waals surface area contributed by atoms with E-state index >= 15 is 0 Å². The van der Waals surface area contributed by atoms with Gasteiger partial charge in [0.25, 0.3) is 0 Å². The second kappa shape index (κ2) is 5.20. The fourth-order valence-electron chi connectivity index (χ4n) is 1.10. The summed E-state index contributed by atoms with van der Waals surface area (Å²) in [5.74, 6) is 0.671. The summed E-state index contributed by atoms with van der Waals surface area (Å²) in [6.45, 7) is 2.10. The van der Waals surface area contributed by atoms with Crippen molar-refractivity contribution in [1.29, 1.82) is 5.26 Å². The van der Waals surface area contributed by atoms with Gasteiger partial charge in [-0.2, -0.15) is 5.26 Å². The molecule has 0 saturated carbocycles. The Hall–Kier alpha value is -1.60. The summed E-state index contributed by atoms with van der Waals surface area (Å²) in [7, 11) is 0. The molecule has 74 valence electrons. The van der Waals surface area contributed by atoms with Crippen molar-refractivity contribution in [3.63, 3.8) is 0 Å². The van der Waals surface area contributed by atoms with E-state index in [1.165, 1.54) is 0 Å². The lowest BCUT2D eigenvalue weighted by molar-refractivity contribution is 0.282. The number of aliphatic hydroxyl groups is 1. The van der Waals surface area contributed by atoms with Gasteiger partial charge in [-0.1, -0.05) is 6.07 Å². The van der Waals surface area contributed by atoms with Gasteiger partial charge in [-0.3, -0.25) is 0 Å². The summed E-state index contributed by atoms with van der Waals surface area (Å²) in [5, 5.41) is 20.4. The molecule has 2 N–H and O–H groups in total. The van der Waals surface area contributed by atoms with Crippen molar-refractivity contribution < 1.29 is 5.11 Å². The first-order valence-corrected chi connectivity index (χ1v) is 4.51. The summed E-state index contributed by atoms with van der Waals surface area (Å²) in [6.07, 6.45) is 0.665. The zero-order valence-corrected chi connectivity index (χ0v) is 8.07. The van der Waals surface area contributed by atoms with Crippen molar-refractivity contribution in [2.45, 2.75) is 19.4 Å². The topological polar surface area (TPSA) is 68.9 Å². The number of hydrogen-bond donors (Lipinski definition) is 2. The van der Waals surface area contributed by atoms with Crippen LogP contribution in [-0.2, 0) is 0 Å². The molecule has 1 unspecified atom stereocenters. The molecule has 1 aromatic heterocycles. The molecule has 1 rings (SSSR count). The van der Waals surface area contributed by atoms with E-state index in [0.717, 1.165) is 0 Å². The van der Waals surface area contributed by atoms with Crippen molar-refractivity contribution in [1.82, 2.24) is 4.98 Å². The summed E-state index contributed by atoms with van der Waals surface area (Å²) in [6, 6.07) is 7.36. The van der Waals surface area contributed by atoms with Crippen LogP contribution in [0.1, 0.15) is 19.0 Å². The maximum Gasteiger partial charge on any atom is 0.142 e. The molecule has 14 heavy (non-hydrogen) atoms. The summed E-state index contributed by atoms with van der Waals surface area (Å²) in [5.41, 5.74) is 0.395. The smallest absolute Gasteiger partial charge is 0.142 e. The third-order valence-electron chi connectivity index (χ3n) is 1.82. The Labute approximate surface area is 83.2 Å². The summed E-state index contributed by atoms with van der Waals surface area (Å²) in [4.78, 5) is 4.06. The molecular formula is C10H13N3O. The van der Waals surface area contributed by atoms with Crippen LogP contribution in [0.3, 0.4) is 0 Å². The number of nitrogens with one attached hydrogen (secondary N) is 1. The molecule has 1 heterocycles. The van der Waals surface area contributed by atoms with Crippen LogP contribution in [0.4, 0.5) is 5.82 Å². The molecule has 4 heteroatoms. The predicted octanol–water partition coefficient (Wildman–Crippen LogP) is 1.14. The Morgan fingerprint density at radius 2 is 2.43 bits per heavy atom. The van der Waals surface area contributed by atoms with E-state index in [0.29, 0.717) is 17.9 Å². The molecule has 0 aliphatic carbocycles. The highest BCUT2D eigenvalue weighted by molar-refractivity contribution is 5.38. The van der Waals surface area contributed by atoms with Crippen LogP contribution in [0, 0.1) is 11.3 Å². The van der Waals surface area contributed by atoms with Gasteiger partial charge in [0.15, 0.2) is 0 Å². The second-order valence-electron chi connectivity index (χ2n) is 3.08. The van der Waals surface area contributed by atoms with Crippen molar-refractivity contribution in [2.75, 3.05) is 11.9 Å². The number of aromatic nitrogens is 1. The molecule has 0 amide bonds. The first kappa shape index (κ1) is 10.5. The lowest BCUT2D eigenvalue weighted by atomic mass is 10.2. The Bertz CT molecular complexity index is 332. The van der Waals surface area contributed by atoms with Crippen LogP contribution in [-0.4, -0.2) is 22.7 Å². The molecule has 0 bridgehead atoms. The van der Waals surface area contributed by atoms with Crippen LogP contribution in [0.2, 0.25) is 0 Å². The van der Waals surface area contributed by atoms with Crippen molar-refractivity contribution >= 4 is 5.82 Å². The van der Waals surface area contributed by atoms with Crippen LogP contribution in [0.25, 0.3) is 0 Å². The standard InChI is InChI=1S/C10H13N3O/c1-8(5-6-14)12-10-4-2-3-9(7-11)13-10/h2-4,8,14H,5-6H2,1H3,(H,12,13). The van der Waals surface area contributed by atoms with Gasteiger partial charge in [0, 0.05) is 12.6 Å². The molecule has 0 aromatic carbocycles. The number of rotatable bonds is 4. The van der Waals surface area contributed by atoms with Crippen molar-refractivity contribution in [3.05, 3.63) is 23.9 Å². The summed E-state index contributed by atoms with van der Waals surface area (Å²) >= 11 is 0. The molecule has 0 aliphatic heterocycles. The molecule has 0 radical (unpaired) electrons. The minimum Gasteiger partial charge on any atom is -0.396 e. The number of anilines is 1. The van der Waals surface area contributed by atoms with Crippen LogP contribution in [0.15, 0.2) is 18.2 Å². The quantitative estimate of drug-likeness (QED) is 0.748. The SMILES string of the molecule is CC(CCO)Nc1cccc(C#N)n1. The van der Waals surface area contributed by atoms with Crippen LogP contribution in [0.5, 0.6) is 0 Å². The first-order valence-electron chi connectivity index (χ1n) is 4.51. The van der Waals surface area contributed by atoms with Gasteiger partial charge in [-0.15, -0.1) is 0 Å². The fraction of sp³-hybridized carbons (Fsp3) is 0.400. The van der Waals surface area contributed by atoms with E-state index in [1.54, 1.807) is 18.2 Å². The third kappa shape index (κ3) is 3.04. The Morgan fingerprint density at radius 1 is 1.64 bits per heavy atom. The van der Waals surface area contributed by atoms with Gasteiger partial charge in [-0.25, -0.2) is 4.98 Å². The monoisotopic (exact) mass is 191 g/mol. The average molecular weight is 191 g/mol. The van der Waals surface area contributed by atoms with Gasteiger partial charge in [-0.05, 0) is 25.5 Å². The van der Waals surface area contributed by atoms with E-state index < -0.39 is 0 Å². The van der Waals surface area contributed by atoms with Gasteiger partial charge in [0.1, 0.15) is 17.6 Å². The van der Waals surface area contributed by atoms with Gasteiger partial charge in [0.2, 0.25) is 0 Å². The highest BCUT2D eigenvalue weighted by atomic mass is 16.3. The molecule has 1 aromatic rings. The molecule has 0 spiro atoms. The van der Waals surface area contributed by atoms with Gasteiger partial charge >= 0.3 is 0 Å². The maximum absolute atomic E-state index is 8.70. The summed E-state index contributed by atoms with van der Waals surface area (Å²) < 4.78 is 0. The Kier molecular flexibility index (Phi) is 3.89. The minimum atomic E-state index is 0.145. The van der Waals surface area contributed by atoms with E-state index in [-0.39, 0.29) is 12.6 Å². The molecule has 0 aliphatic rings. The van der Waals surface area contributed by atoms with Crippen LogP contribution >= 0.6 is 0 Å². The zero-order chi connectivity index (χ0) is 10.4. The van der Waals surface area contributed by atoms with E-state index in [4.69, 9.17) is 10.4 Å². The molecule has 0 saturated heterocycles. The maximum atomic E-state index is 8.70. The normalized spacial score (nSPS) is 11.8. The number of hydrogen-bond acceptors (Lipinski definition) is 4. The number of aliphatic hydroxyl groups excluding tert-OH is 1. The second-order valence-corrected chi connectivity index (χ2v) is 3.08. The molecular weight excluding hydrogens is 178 g/mol. The Balaban J connectivity index is 2.63. The first-order chi connectivity index (χ1) is 6.76. The van der Waals surface area contributed by atoms with Crippen LogP contribution < -0.4 is 5.32 Å². The van der Waals surface area contributed by atoms with Crippen molar-refractivity contribution in [2.24, 2.45) is 0 Å². The van der Waals surface area contributed by atoms with E-state index in [2.05, 4.69) is 10.3 Å². The highest BCUT2D eigenvalue weighted by Crippen LogP contribution is 2.06. The zero-order valence-electron chi connectivity index (χ0n) is 8.07. The predicted molar refractivity (Wildman–Crippen MR) is 53.7 cm³/mol. The lowest BCUT2D eigenvalue weighted by Crippen LogP contribution is -2.17.